The van der Waals surface area contributed by atoms with Gasteiger partial charge in [-0.15, -0.1) is 0 Å². The summed E-state index contributed by atoms with van der Waals surface area (Å²) in [6.45, 7) is 0. The molecule has 8 heteroatoms. The van der Waals surface area contributed by atoms with Crippen molar-refractivity contribution in [3.8, 4) is 5.75 Å². The number of hydrazone groups is 1. The number of benzene rings is 2. The number of nitrogens with zero attached hydrogens (tertiary/aromatic N) is 1. The number of esters is 1. The van der Waals surface area contributed by atoms with Gasteiger partial charge in [-0.2, -0.15) is 18.3 Å². The van der Waals surface area contributed by atoms with E-state index in [1.54, 1.807) is 30.3 Å². The summed E-state index contributed by atoms with van der Waals surface area (Å²) < 4.78 is 47.7. The number of anilines is 1. The van der Waals surface area contributed by atoms with Crippen LogP contribution in [0.4, 0.5) is 18.9 Å². The summed E-state index contributed by atoms with van der Waals surface area (Å²) in [6.07, 6.45) is -1.57. The molecule has 0 aliphatic carbocycles. The second-order valence-electron chi connectivity index (χ2n) is 5.38. The van der Waals surface area contributed by atoms with Gasteiger partial charge in [0.05, 0.1) is 23.7 Å². The zero-order valence-electron chi connectivity index (χ0n) is 13.7. The van der Waals surface area contributed by atoms with Crippen molar-refractivity contribution in [3.63, 3.8) is 0 Å². The molecule has 0 unspecified atom stereocenters. The molecule has 0 fully saturated rings. The van der Waals surface area contributed by atoms with Gasteiger partial charge < -0.3 is 9.15 Å². The van der Waals surface area contributed by atoms with E-state index in [-0.39, 0.29) is 5.76 Å². The van der Waals surface area contributed by atoms with Crippen molar-refractivity contribution in [2.75, 3.05) is 5.43 Å². The molecule has 1 N–H and O–H groups in total. The Bertz CT molecular complexity index is 934. The summed E-state index contributed by atoms with van der Waals surface area (Å²) in [5.41, 5.74) is 2.93. The van der Waals surface area contributed by atoms with Crippen molar-refractivity contribution in [2.24, 2.45) is 5.10 Å². The molecule has 5 nitrogen and oxygen atoms in total. The molecule has 1 aromatic heterocycles. The van der Waals surface area contributed by atoms with Crippen LogP contribution < -0.4 is 10.2 Å². The standard InChI is InChI=1S/C19H13F3N2O3/c20-19(21,22)14-6-8-15(9-7-14)24-23-12-13-3-1-4-16(11-13)27-18(25)17-5-2-10-26-17/h1-12,24H. The summed E-state index contributed by atoms with van der Waals surface area (Å²) in [5.74, 6) is -0.245. The van der Waals surface area contributed by atoms with Crippen molar-refractivity contribution in [3.05, 3.63) is 83.8 Å². The van der Waals surface area contributed by atoms with Gasteiger partial charge in [0.1, 0.15) is 5.75 Å². The van der Waals surface area contributed by atoms with Gasteiger partial charge in [0.25, 0.3) is 0 Å². The largest absolute Gasteiger partial charge is 0.457 e. The molecule has 0 atom stereocenters. The second-order valence-corrected chi connectivity index (χ2v) is 5.38. The SMILES string of the molecule is O=C(Oc1cccc(C=NNc2ccc(C(F)(F)F)cc2)c1)c1ccco1. The topological polar surface area (TPSA) is 63.8 Å². The minimum Gasteiger partial charge on any atom is -0.457 e. The van der Waals surface area contributed by atoms with Crippen LogP contribution in [0.1, 0.15) is 21.7 Å². The molecule has 138 valence electrons. The normalized spacial score (nSPS) is 11.5. The van der Waals surface area contributed by atoms with Gasteiger partial charge in [-0.05, 0) is 54.1 Å². The molecule has 0 spiro atoms. The molecule has 0 bridgehead atoms. The van der Waals surface area contributed by atoms with Crippen LogP contribution in [0.5, 0.6) is 5.75 Å². The highest BCUT2D eigenvalue weighted by molar-refractivity contribution is 5.88. The van der Waals surface area contributed by atoms with Crippen molar-refractivity contribution < 1.29 is 27.1 Å². The Labute approximate surface area is 152 Å². The predicted molar refractivity (Wildman–Crippen MR) is 92.8 cm³/mol. The fourth-order valence-corrected chi connectivity index (χ4v) is 2.13. The molecule has 0 aliphatic heterocycles. The van der Waals surface area contributed by atoms with Crippen LogP contribution in [0, 0.1) is 0 Å². The van der Waals surface area contributed by atoms with Gasteiger partial charge in [-0.3, -0.25) is 5.43 Å². The molecule has 0 saturated heterocycles. The van der Waals surface area contributed by atoms with Gasteiger partial charge in [0.15, 0.2) is 0 Å². The van der Waals surface area contributed by atoms with Gasteiger partial charge in [0, 0.05) is 0 Å². The fraction of sp³-hybridized carbons (Fsp3) is 0.0526. The van der Waals surface area contributed by atoms with Crippen LogP contribution in [0.25, 0.3) is 0 Å². The number of ether oxygens (including phenoxy) is 1. The average Bonchev–Trinajstić information content (AvgIpc) is 3.17. The third-order valence-electron chi connectivity index (χ3n) is 3.41. The van der Waals surface area contributed by atoms with E-state index in [4.69, 9.17) is 9.15 Å². The van der Waals surface area contributed by atoms with Crippen LogP contribution in [0.2, 0.25) is 0 Å². The van der Waals surface area contributed by atoms with Gasteiger partial charge in [0.2, 0.25) is 5.76 Å². The van der Waals surface area contributed by atoms with Crippen molar-refractivity contribution in [1.82, 2.24) is 0 Å². The zero-order chi connectivity index (χ0) is 19.3. The maximum Gasteiger partial charge on any atom is 0.416 e. The smallest absolute Gasteiger partial charge is 0.416 e. The Balaban J connectivity index is 1.61. The number of rotatable bonds is 5. The minimum absolute atomic E-state index is 0.0815. The number of nitrogens with one attached hydrogen (secondary N) is 1. The van der Waals surface area contributed by atoms with E-state index >= 15 is 0 Å². The molecular weight excluding hydrogens is 361 g/mol. The van der Waals surface area contributed by atoms with E-state index in [1.165, 1.54) is 30.7 Å². The summed E-state index contributed by atoms with van der Waals surface area (Å²) in [5, 5.41) is 3.96. The number of carbonyl (C=O) groups is 1. The first-order valence-corrected chi connectivity index (χ1v) is 7.74. The zero-order valence-corrected chi connectivity index (χ0v) is 13.7. The van der Waals surface area contributed by atoms with Crippen LogP contribution in [0.15, 0.2) is 76.4 Å². The summed E-state index contributed by atoms with van der Waals surface area (Å²) in [6, 6.07) is 14.1. The van der Waals surface area contributed by atoms with Crippen LogP contribution in [-0.2, 0) is 6.18 Å². The lowest BCUT2D eigenvalue weighted by Gasteiger charge is -2.07. The molecular formula is C19H13F3N2O3. The molecule has 0 aliphatic rings. The lowest BCUT2D eigenvalue weighted by Crippen LogP contribution is -2.07. The summed E-state index contributed by atoms with van der Waals surface area (Å²) in [4.78, 5) is 11.8. The number of hydrogen-bond acceptors (Lipinski definition) is 5. The quantitative estimate of drug-likeness (QED) is 0.297. The second kappa shape index (κ2) is 7.77. The van der Waals surface area contributed by atoms with Gasteiger partial charge in [-0.1, -0.05) is 12.1 Å². The lowest BCUT2D eigenvalue weighted by atomic mass is 10.2. The molecule has 27 heavy (non-hydrogen) atoms. The number of carbonyl (C=O) groups excluding carboxylic acids is 1. The first-order chi connectivity index (χ1) is 12.9. The number of furan rings is 1. The van der Waals surface area contributed by atoms with E-state index in [0.29, 0.717) is 17.0 Å². The Kier molecular flexibility index (Phi) is 5.25. The summed E-state index contributed by atoms with van der Waals surface area (Å²) in [7, 11) is 0. The molecule has 2 aromatic carbocycles. The first-order valence-electron chi connectivity index (χ1n) is 7.74. The average molecular weight is 374 g/mol. The van der Waals surface area contributed by atoms with E-state index in [9.17, 15) is 18.0 Å². The van der Waals surface area contributed by atoms with Gasteiger partial charge >= 0.3 is 12.1 Å². The minimum atomic E-state index is -4.38. The lowest BCUT2D eigenvalue weighted by molar-refractivity contribution is -0.137. The highest BCUT2D eigenvalue weighted by Crippen LogP contribution is 2.29. The maximum atomic E-state index is 12.5. The van der Waals surface area contributed by atoms with Crippen LogP contribution in [-0.4, -0.2) is 12.2 Å². The van der Waals surface area contributed by atoms with Crippen LogP contribution in [0.3, 0.4) is 0 Å². The Morgan fingerprint density at radius 1 is 1.07 bits per heavy atom. The fourth-order valence-electron chi connectivity index (χ4n) is 2.13. The van der Waals surface area contributed by atoms with Crippen molar-refractivity contribution in [1.29, 1.82) is 0 Å². The first kappa shape index (κ1) is 18.2. The van der Waals surface area contributed by atoms with E-state index in [1.807, 2.05) is 0 Å². The highest BCUT2D eigenvalue weighted by atomic mass is 19.4. The highest BCUT2D eigenvalue weighted by Gasteiger charge is 2.29. The third-order valence-corrected chi connectivity index (χ3v) is 3.41. The van der Waals surface area contributed by atoms with Crippen molar-refractivity contribution >= 4 is 17.9 Å². The monoisotopic (exact) mass is 374 g/mol. The van der Waals surface area contributed by atoms with Crippen molar-refractivity contribution in [2.45, 2.75) is 6.18 Å². The Morgan fingerprint density at radius 3 is 2.52 bits per heavy atom. The number of hydrogen-bond donors (Lipinski definition) is 1. The Morgan fingerprint density at radius 2 is 1.85 bits per heavy atom. The van der Waals surface area contributed by atoms with E-state index in [0.717, 1.165) is 12.1 Å². The van der Waals surface area contributed by atoms with E-state index in [2.05, 4.69) is 10.5 Å². The molecule has 0 amide bonds. The molecule has 0 saturated carbocycles. The predicted octanol–water partition coefficient (Wildman–Crippen LogP) is 4.96. The molecule has 3 rings (SSSR count). The number of halogens is 3. The van der Waals surface area contributed by atoms with Crippen LogP contribution >= 0.6 is 0 Å². The summed E-state index contributed by atoms with van der Waals surface area (Å²) >= 11 is 0. The molecule has 1 heterocycles. The molecule has 0 radical (unpaired) electrons. The van der Waals surface area contributed by atoms with E-state index < -0.39 is 17.7 Å². The maximum absolute atomic E-state index is 12.5. The van der Waals surface area contributed by atoms with Gasteiger partial charge in [-0.25, -0.2) is 4.79 Å². The third kappa shape index (κ3) is 4.97. The molecule has 3 aromatic rings. The number of alkyl halides is 3. The Hall–Kier alpha value is -3.55.